The summed E-state index contributed by atoms with van der Waals surface area (Å²) in [6, 6.07) is 9.58. The van der Waals surface area contributed by atoms with Gasteiger partial charge in [0.05, 0.1) is 17.3 Å². The van der Waals surface area contributed by atoms with E-state index >= 15 is 0 Å². The smallest absolute Gasteiger partial charge is 0.253 e. The molecule has 0 heterocycles. The fraction of sp³-hybridized carbons (Fsp3) is 0.133. The van der Waals surface area contributed by atoms with Crippen molar-refractivity contribution < 1.29 is 13.6 Å². The van der Waals surface area contributed by atoms with Crippen LogP contribution in [0.3, 0.4) is 0 Å². The minimum atomic E-state index is -0.656. The number of carbonyl (C=O) groups excluding carboxylic acids is 1. The molecule has 5 heteroatoms. The maximum absolute atomic E-state index is 13.6. The molecular weight excluding hydrogens is 262 g/mol. The van der Waals surface area contributed by atoms with Crippen LogP contribution >= 0.6 is 0 Å². The Balaban J connectivity index is 2.20. The van der Waals surface area contributed by atoms with Crippen LogP contribution in [0.2, 0.25) is 0 Å². The molecule has 2 aromatic carbocycles. The number of amides is 1. The number of halogens is 2. The van der Waals surface area contributed by atoms with Crippen LogP contribution in [0.25, 0.3) is 0 Å². The van der Waals surface area contributed by atoms with E-state index in [1.165, 1.54) is 24.3 Å². The number of nitrogens with one attached hydrogen (secondary N) is 1. The second-order valence-corrected chi connectivity index (χ2v) is 4.42. The minimum Gasteiger partial charge on any atom is -0.396 e. The molecule has 3 N–H and O–H groups in total. The van der Waals surface area contributed by atoms with Gasteiger partial charge in [0.25, 0.3) is 5.91 Å². The second kappa shape index (κ2) is 5.69. The van der Waals surface area contributed by atoms with Crippen molar-refractivity contribution in [3.8, 4) is 0 Å². The zero-order valence-corrected chi connectivity index (χ0v) is 10.9. The Morgan fingerprint density at radius 1 is 1.10 bits per heavy atom. The van der Waals surface area contributed by atoms with Crippen LogP contribution in [0.4, 0.5) is 14.5 Å². The summed E-state index contributed by atoms with van der Waals surface area (Å²) in [5, 5.41) is 2.60. The molecular formula is C15H14F2N2O. The molecule has 0 radical (unpaired) electrons. The zero-order chi connectivity index (χ0) is 14.7. The van der Waals surface area contributed by atoms with Gasteiger partial charge in [-0.2, -0.15) is 0 Å². The Bertz CT molecular complexity index is 644. The SMILES string of the molecule is CC(NC(=O)c1cccc(F)c1N)c1ccccc1F. The molecule has 3 nitrogen and oxygen atoms in total. The lowest BCUT2D eigenvalue weighted by Gasteiger charge is -2.16. The predicted octanol–water partition coefficient (Wildman–Crippen LogP) is 3.04. The molecule has 0 saturated carbocycles. The van der Waals surface area contributed by atoms with E-state index in [2.05, 4.69) is 5.32 Å². The lowest BCUT2D eigenvalue weighted by Crippen LogP contribution is -2.28. The highest BCUT2D eigenvalue weighted by Crippen LogP contribution is 2.19. The van der Waals surface area contributed by atoms with E-state index in [0.29, 0.717) is 5.56 Å². The van der Waals surface area contributed by atoms with Crippen LogP contribution in [-0.4, -0.2) is 5.91 Å². The van der Waals surface area contributed by atoms with E-state index in [4.69, 9.17) is 5.73 Å². The Morgan fingerprint density at radius 3 is 2.45 bits per heavy atom. The summed E-state index contributed by atoms with van der Waals surface area (Å²) in [7, 11) is 0. The van der Waals surface area contributed by atoms with Crippen molar-refractivity contribution in [3.05, 3.63) is 65.2 Å². The number of rotatable bonds is 3. The normalized spacial score (nSPS) is 11.9. The van der Waals surface area contributed by atoms with Gasteiger partial charge in [-0.1, -0.05) is 24.3 Å². The second-order valence-electron chi connectivity index (χ2n) is 4.42. The first kappa shape index (κ1) is 14.0. The summed E-state index contributed by atoms with van der Waals surface area (Å²) < 4.78 is 26.9. The maximum Gasteiger partial charge on any atom is 0.253 e. The molecule has 2 aromatic rings. The Labute approximate surface area is 115 Å². The number of benzene rings is 2. The van der Waals surface area contributed by atoms with E-state index in [1.807, 2.05) is 0 Å². The molecule has 20 heavy (non-hydrogen) atoms. The highest BCUT2D eigenvalue weighted by molar-refractivity contribution is 5.99. The van der Waals surface area contributed by atoms with Gasteiger partial charge < -0.3 is 11.1 Å². The average molecular weight is 276 g/mol. The molecule has 0 saturated heterocycles. The summed E-state index contributed by atoms with van der Waals surface area (Å²) in [4.78, 5) is 12.0. The standard InChI is InChI=1S/C15H14F2N2O/c1-9(10-5-2-3-7-12(10)16)19-15(20)11-6-4-8-13(17)14(11)18/h2-9H,18H2,1H3,(H,19,20). The Kier molecular flexibility index (Phi) is 3.98. The molecule has 1 unspecified atom stereocenters. The fourth-order valence-corrected chi connectivity index (χ4v) is 1.91. The third-order valence-electron chi connectivity index (χ3n) is 3.02. The van der Waals surface area contributed by atoms with Gasteiger partial charge in [-0.25, -0.2) is 8.78 Å². The molecule has 0 spiro atoms. The first-order valence-corrected chi connectivity index (χ1v) is 6.10. The quantitative estimate of drug-likeness (QED) is 0.847. The van der Waals surface area contributed by atoms with Gasteiger partial charge in [0.1, 0.15) is 11.6 Å². The lowest BCUT2D eigenvalue weighted by atomic mass is 10.1. The number of para-hydroxylation sites is 1. The topological polar surface area (TPSA) is 55.1 Å². The number of anilines is 1. The van der Waals surface area contributed by atoms with Crippen LogP contribution in [0.1, 0.15) is 28.9 Å². The minimum absolute atomic E-state index is 0.0354. The average Bonchev–Trinajstić information content (AvgIpc) is 2.42. The third kappa shape index (κ3) is 2.77. The van der Waals surface area contributed by atoms with Gasteiger partial charge >= 0.3 is 0 Å². The van der Waals surface area contributed by atoms with Crippen molar-refractivity contribution in [1.82, 2.24) is 5.32 Å². The fourth-order valence-electron chi connectivity index (χ4n) is 1.91. The first-order valence-electron chi connectivity index (χ1n) is 6.10. The molecule has 0 bridgehead atoms. The molecule has 1 atom stereocenters. The van der Waals surface area contributed by atoms with Gasteiger partial charge in [-0.15, -0.1) is 0 Å². The van der Waals surface area contributed by atoms with Crippen LogP contribution in [0, 0.1) is 11.6 Å². The van der Waals surface area contributed by atoms with Crippen LogP contribution < -0.4 is 11.1 Å². The number of carbonyl (C=O) groups is 1. The molecule has 2 rings (SSSR count). The number of nitrogens with two attached hydrogens (primary N) is 1. The third-order valence-corrected chi connectivity index (χ3v) is 3.02. The van der Waals surface area contributed by atoms with Crippen LogP contribution in [0.15, 0.2) is 42.5 Å². The van der Waals surface area contributed by atoms with Gasteiger partial charge in [0.2, 0.25) is 0 Å². The van der Waals surface area contributed by atoms with Crippen LogP contribution in [0.5, 0.6) is 0 Å². The van der Waals surface area contributed by atoms with Gasteiger partial charge in [0, 0.05) is 5.56 Å². The largest absolute Gasteiger partial charge is 0.396 e. The molecule has 0 fully saturated rings. The lowest BCUT2D eigenvalue weighted by molar-refractivity contribution is 0.0940. The van der Waals surface area contributed by atoms with E-state index in [1.54, 1.807) is 25.1 Å². The van der Waals surface area contributed by atoms with E-state index in [-0.39, 0.29) is 11.3 Å². The van der Waals surface area contributed by atoms with Gasteiger partial charge in [0.15, 0.2) is 0 Å². The zero-order valence-electron chi connectivity index (χ0n) is 10.9. The molecule has 1 amide bonds. The summed E-state index contributed by atoms with van der Waals surface area (Å²) in [5.41, 5.74) is 5.69. The maximum atomic E-state index is 13.6. The molecule has 0 aliphatic heterocycles. The van der Waals surface area contributed by atoms with Crippen molar-refractivity contribution >= 4 is 11.6 Å². The number of hydrogen-bond donors (Lipinski definition) is 2. The monoisotopic (exact) mass is 276 g/mol. The Morgan fingerprint density at radius 2 is 1.75 bits per heavy atom. The van der Waals surface area contributed by atoms with E-state index in [0.717, 1.165) is 0 Å². The van der Waals surface area contributed by atoms with Crippen molar-refractivity contribution in [1.29, 1.82) is 0 Å². The van der Waals surface area contributed by atoms with Crippen molar-refractivity contribution in [2.75, 3.05) is 5.73 Å². The predicted molar refractivity (Wildman–Crippen MR) is 73.1 cm³/mol. The summed E-state index contributed by atoms with van der Waals surface area (Å²) in [6.07, 6.45) is 0. The summed E-state index contributed by atoms with van der Waals surface area (Å²) in [5.74, 6) is -1.61. The van der Waals surface area contributed by atoms with E-state index in [9.17, 15) is 13.6 Å². The van der Waals surface area contributed by atoms with Gasteiger partial charge in [-0.05, 0) is 25.1 Å². The van der Waals surface area contributed by atoms with Crippen LogP contribution in [-0.2, 0) is 0 Å². The molecule has 0 aromatic heterocycles. The number of nitrogen functional groups attached to an aromatic ring is 1. The summed E-state index contributed by atoms with van der Waals surface area (Å²) >= 11 is 0. The highest BCUT2D eigenvalue weighted by Gasteiger charge is 2.17. The number of hydrogen-bond acceptors (Lipinski definition) is 2. The van der Waals surface area contributed by atoms with Crippen molar-refractivity contribution in [3.63, 3.8) is 0 Å². The molecule has 0 aliphatic carbocycles. The molecule has 104 valence electrons. The van der Waals surface area contributed by atoms with E-state index < -0.39 is 23.6 Å². The van der Waals surface area contributed by atoms with Crippen molar-refractivity contribution in [2.45, 2.75) is 13.0 Å². The first-order chi connectivity index (χ1) is 9.50. The highest BCUT2D eigenvalue weighted by atomic mass is 19.1. The summed E-state index contributed by atoms with van der Waals surface area (Å²) in [6.45, 7) is 1.64. The van der Waals surface area contributed by atoms with Gasteiger partial charge in [-0.3, -0.25) is 4.79 Å². The van der Waals surface area contributed by atoms with Crippen molar-refractivity contribution in [2.24, 2.45) is 0 Å². The Hall–Kier alpha value is -2.43. The molecule has 0 aliphatic rings.